The number of aromatic nitrogens is 2. The molecule has 0 radical (unpaired) electrons. The smallest absolute Gasteiger partial charge is 0.357 e. The molecule has 4 aromatic rings. The van der Waals surface area contributed by atoms with E-state index in [0.717, 1.165) is 5.56 Å². The average Bonchev–Trinajstić information content (AvgIpc) is 2.76. The number of halogens is 1. The maximum absolute atomic E-state index is 13.3. The summed E-state index contributed by atoms with van der Waals surface area (Å²) >= 11 is 6.22. The molecule has 0 atom stereocenters. The number of fused-ring (bicyclic) bond motifs is 1. The topological polar surface area (TPSA) is 73.2 Å². The molecule has 0 fully saturated rings. The molecule has 2 heterocycles. The molecule has 7 heteroatoms. The van der Waals surface area contributed by atoms with Crippen LogP contribution in [-0.2, 0) is 4.74 Å². The highest BCUT2D eigenvalue weighted by Gasteiger charge is 2.24. The zero-order chi connectivity index (χ0) is 20.4. The molecule has 0 amide bonds. The summed E-state index contributed by atoms with van der Waals surface area (Å²) in [6, 6.07) is 19.5. The molecular formula is C22H16ClN3O3. The second-order valence-electron chi connectivity index (χ2n) is 6.24. The molecular weight excluding hydrogens is 390 g/mol. The van der Waals surface area contributed by atoms with Gasteiger partial charge in [0.2, 0.25) is 0 Å². The number of carbonyl (C=O) groups is 1. The van der Waals surface area contributed by atoms with Crippen molar-refractivity contribution in [1.82, 2.24) is 9.66 Å². The summed E-state index contributed by atoms with van der Waals surface area (Å²) in [5.74, 6) is -0.252. The van der Waals surface area contributed by atoms with Gasteiger partial charge in [-0.25, -0.2) is 14.5 Å². The molecule has 0 spiro atoms. The summed E-state index contributed by atoms with van der Waals surface area (Å²) < 4.78 is 6.19. The van der Waals surface area contributed by atoms with Crippen LogP contribution < -0.4 is 11.0 Å². The fourth-order valence-electron chi connectivity index (χ4n) is 3.21. The van der Waals surface area contributed by atoms with Gasteiger partial charge in [-0.1, -0.05) is 48.0 Å². The van der Waals surface area contributed by atoms with E-state index in [-0.39, 0.29) is 5.69 Å². The number of nitrogens with zero attached hydrogens (tertiary/aromatic N) is 2. The van der Waals surface area contributed by atoms with Crippen molar-refractivity contribution in [3.63, 3.8) is 0 Å². The van der Waals surface area contributed by atoms with E-state index in [0.29, 0.717) is 27.2 Å². The summed E-state index contributed by atoms with van der Waals surface area (Å²) in [6.45, 7) is 0. The Labute approximate surface area is 171 Å². The maximum atomic E-state index is 13.3. The highest BCUT2D eigenvalue weighted by atomic mass is 35.5. The summed E-state index contributed by atoms with van der Waals surface area (Å²) in [4.78, 5) is 30.3. The van der Waals surface area contributed by atoms with Crippen molar-refractivity contribution in [3.05, 3.63) is 94.0 Å². The van der Waals surface area contributed by atoms with Crippen molar-refractivity contribution in [1.29, 1.82) is 0 Å². The van der Waals surface area contributed by atoms with Gasteiger partial charge in [0.1, 0.15) is 5.82 Å². The van der Waals surface area contributed by atoms with E-state index < -0.39 is 11.5 Å². The minimum Gasteiger partial charge on any atom is -0.464 e. The molecule has 0 aliphatic carbocycles. The summed E-state index contributed by atoms with van der Waals surface area (Å²) in [7, 11) is 1.27. The van der Waals surface area contributed by atoms with Crippen LogP contribution in [0.5, 0.6) is 0 Å². The van der Waals surface area contributed by atoms with Crippen molar-refractivity contribution < 1.29 is 9.53 Å². The molecule has 6 nitrogen and oxygen atoms in total. The average molecular weight is 406 g/mol. The first-order valence-corrected chi connectivity index (χ1v) is 9.18. The largest absolute Gasteiger partial charge is 0.464 e. The third kappa shape index (κ3) is 3.46. The van der Waals surface area contributed by atoms with Crippen LogP contribution in [0, 0.1) is 0 Å². The van der Waals surface area contributed by atoms with Crippen LogP contribution in [0.4, 0.5) is 5.82 Å². The van der Waals surface area contributed by atoms with E-state index in [4.69, 9.17) is 16.3 Å². The first-order valence-electron chi connectivity index (χ1n) is 8.80. The normalized spacial score (nSPS) is 10.7. The molecule has 29 heavy (non-hydrogen) atoms. The Kier molecular flexibility index (Phi) is 5.01. The fraction of sp³-hybridized carbons (Fsp3) is 0.0455. The number of pyridine rings is 2. The molecule has 144 valence electrons. The van der Waals surface area contributed by atoms with Gasteiger partial charge in [-0.05, 0) is 41.3 Å². The lowest BCUT2D eigenvalue weighted by Crippen LogP contribution is -2.33. The van der Waals surface area contributed by atoms with Crippen molar-refractivity contribution in [3.8, 4) is 11.1 Å². The molecule has 2 aromatic heterocycles. The minimum absolute atomic E-state index is 0.0594. The third-order valence-electron chi connectivity index (χ3n) is 4.48. The number of rotatable bonds is 4. The number of anilines is 1. The maximum Gasteiger partial charge on any atom is 0.357 e. The monoisotopic (exact) mass is 405 g/mol. The van der Waals surface area contributed by atoms with Crippen molar-refractivity contribution >= 4 is 34.2 Å². The van der Waals surface area contributed by atoms with Gasteiger partial charge >= 0.3 is 5.97 Å². The van der Waals surface area contributed by atoms with Gasteiger partial charge < -0.3 is 4.74 Å². The number of methoxy groups -OCH3 is 1. The quantitative estimate of drug-likeness (QED) is 0.510. The zero-order valence-electron chi connectivity index (χ0n) is 15.4. The lowest BCUT2D eigenvalue weighted by atomic mass is 9.97. The molecule has 4 rings (SSSR count). The van der Waals surface area contributed by atoms with E-state index in [2.05, 4.69) is 10.4 Å². The van der Waals surface area contributed by atoms with Crippen LogP contribution >= 0.6 is 11.6 Å². The van der Waals surface area contributed by atoms with Crippen LogP contribution in [0.1, 0.15) is 10.5 Å². The van der Waals surface area contributed by atoms with Crippen LogP contribution in [-0.4, -0.2) is 22.7 Å². The highest BCUT2D eigenvalue weighted by molar-refractivity contribution is 6.31. The van der Waals surface area contributed by atoms with Crippen molar-refractivity contribution in [2.75, 3.05) is 12.5 Å². The molecule has 0 aliphatic heterocycles. The standard InChI is InChI=1S/C22H16ClN3O3/c1-29-22(28)20-19(14-7-3-2-4-8-14)17-13-15(23)10-11-16(17)21(27)26(20)25-18-9-5-6-12-24-18/h2-13H,1H3,(H,24,25). The number of benzene rings is 2. The lowest BCUT2D eigenvalue weighted by Gasteiger charge is -2.19. The number of nitrogens with one attached hydrogen (secondary N) is 1. The van der Waals surface area contributed by atoms with Gasteiger partial charge in [-0.15, -0.1) is 0 Å². The van der Waals surface area contributed by atoms with Gasteiger partial charge in [-0.2, -0.15) is 0 Å². The number of hydrogen-bond donors (Lipinski definition) is 1. The first-order chi connectivity index (χ1) is 14.1. The fourth-order valence-corrected chi connectivity index (χ4v) is 3.38. The highest BCUT2D eigenvalue weighted by Crippen LogP contribution is 2.32. The molecule has 0 saturated carbocycles. The Morgan fingerprint density at radius 3 is 2.48 bits per heavy atom. The van der Waals surface area contributed by atoms with Gasteiger partial charge in [0, 0.05) is 22.2 Å². The zero-order valence-corrected chi connectivity index (χ0v) is 16.2. The van der Waals surface area contributed by atoms with E-state index in [9.17, 15) is 9.59 Å². The molecule has 0 aliphatic rings. The van der Waals surface area contributed by atoms with Crippen molar-refractivity contribution in [2.45, 2.75) is 0 Å². The first kappa shape index (κ1) is 18.7. The molecule has 1 N–H and O–H groups in total. The number of ether oxygens (including phenoxy) is 1. The summed E-state index contributed by atoms with van der Waals surface area (Å²) in [6.07, 6.45) is 1.59. The Bertz CT molecular complexity index is 1260. The predicted octanol–water partition coefficient (Wildman–Crippen LogP) is 4.38. The Morgan fingerprint density at radius 1 is 1.03 bits per heavy atom. The molecule has 0 saturated heterocycles. The molecule has 2 aromatic carbocycles. The third-order valence-corrected chi connectivity index (χ3v) is 4.71. The van der Waals surface area contributed by atoms with E-state index in [1.54, 1.807) is 42.6 Å². The van der Waals surface area contributed by atoms with E-state index >= 15 is 0 Å². The van der Waals surface area contributed by atoms with Gasteiger partial charge in [0.15, 0.2) is 5.69 Å². The van der Waals surface area contributed by atoms with Crippen molar-refractivity contribution in [2.24, 2.45) is 0 Å². The van der Waals surface area contributed by atoms with Crippen LogP contribution in [0.3, 0.4) is 0 Å². The van der Waals surface area contributed by atoms with E-state index in [1.165, 1.54) is 11.8 Å². The van der Waals surface area contributed by atoms with Gasteiger partial charge in [-0.3, -0.25) is 10.2 Å². The molecule has 0 unspecified atom stereocenters. The Hall–Kier alpha value is -3.64. The van der Waals surface area contributed by atoms with Crippen LogP contribution in [0.2, 0.25) is 5.02 Å². The van der Waals surface area contributed by atoms with Crippen LogP contribution in [0.15, 0.2) is 77.7 Å². The Morgan fingerprint density at radius 2 is 1.79 bits per heavy atom. The van der Waals surface area contributed by atoms with Crippen LogP contribution in [0.25, 0.3) is 21.9 Å². The second kappa shape index (κ2) is 7.77. The van der Waals surface area contributed by atoms with E-state index in [1.807, 2.05) is 30.3 Å². The predicted molar refractivity (Wildman–Crippen MR) is 113 cm³/mol. The van der Waals surface area contributed by atoms with Gasteiger partial charge in [0.25, 0.3) is 5.56 Å². The summed E-state index contributed by atoms with van der Waals surface area (Å²) in [5, 5.41) is 1.43. The minimum atomic E-state index is -0.661. The number of carbonyl (C=O) groups excluding carboxylic acids is 1. The number of hydrogen-bond acceptors (Lipinski definition) is 5. The number of esters is 1. The van der Waals surface area contributed by atoms with Gasteiger partial charge in [0.05, 0.1) is 7.11 Å². The second-order valence-corrected chi connectivity index (χ2v) is 6.67. The molecule has 0 bridgehead atoms. The summed E-state index contributed by atoms with van der Waals surface area (Å²) in [5.41, 5.74) is 3.86. The Balaban J connectivity index is 2.14. The lowest BCUT2D eigenvalue weighted by molar-refractivity contribution is 0.0590. The SMILES string of the molecule is COC(=O)c1c(-c2ccccc2)c2cc(Cl)ccc2c(=O)n1Nc1ccccn1.